The molecule has 0 bridgehead atoms. The summed E-state index contributed by atoms with van der Waals surface area (Å²) in [5.74, 6) is -2.76. The van der Waals surface area contributed by atoms with Gasteiger partial charge in [-0.05, 0) is 29.2 Å². The molecule has 3 rings (SSSR count). The van der Waals surface area contributed by atoms with Crippen molar-refractivity contribution in [3.63, 3.8) is 0 Å². The molecule has 1 aliphatic heterocycles. The lowest BCUT2D eigenvalue weighted by atomic mass is 9.83. The summed E-state index contributed by atoms with van der Waals surface area (Å²) in [6.07, 6.45) is -6.49. The molecule has 2 amide bonds. The molecule has 0 aromatic heterocycles. The third-order valence-corrected chi connectivity index (χ3v) is 9.67. The molecule has 8 nitrogen and oxygen atoms in total. The Morgan fingerprint density at radius 3 is 2.14 bits per heavy atom. The summed E-state index contributed by atoms with van der Waals surface area (Å²) in [6, 6.07) is 10.6. The number of carbonyl (C=O) groups excluding carboxylic acids is 3. The van der Waals surface area contributed by atoms with Gasteiger partial charge in [0.25, 0.3) is 0 Å². The summed E-state index contributed by atoms with van der Waals surface area (Å²) >= 11 is 12.3. The Morgan fingerprint density at radius 2 is 1.62 bits per heavy atom. The number of halogens is 5. The fourth-order valence-electron chi connectivity index (χ4n) is 4.79. The van der Waals surface area contributed by atoms with Gasteiger partial charge < -0.3 is 15.4 Å². The fourth-order valence-corrected chi connectivity index (χ4v) is 6.33. The summed E-state index contributed by atoms with van der Waals surface area (Å²) in [5, 5.41) is 5.39. The molecule has 0 saturated carbocycles. The molecule has 1 heterocycles. The van der Waals surface area contributed by atoms with Crippen molar-refractivity contribution in [1.82, 2.24) is 15.5 Å². The number of nitrogens with zero attached hydrogens (tertiary/aromatic N) is 1. The van der Waals surface area contributed by atoms with E-state index in [1.807, 2.05) is 4.90 Å². The molecule has 1 aliphatic rings. The summed E-state index contributed by atoms with van der Waals surface area (Å²) in [7, 11) is -3.23. The minimum atomic E-state index is -4.75. The van der Waals surface area contributed by atoms with Crippen molar-refractivity contribution in [3.8, 4) is 0 Å². The Labute approximate surface area is 252 Å². The van der Waals surface area contributed by atoms with Crippen molar-refractivity contribution in [3.05, 3.63) is 69.7 Å². The van der Waals surface area contributed by atoms with Gasteiger partial charge in [0.15, 0.2) is 9.84 Å². The van der Waals surface area contributed by atoms with Crippen molar-refractivity contribution in [2.24, 2.45) is 5.92 Å². The van der Waals surface area contributed by atoms with Gasteiger partial charge >= 0.3 is 6.18 Å². The van der Waals surface area contributed by atoms with E-state index < -0.39 is 57.8 Å². The van der Waals surface area contributed by atoms with Crippen LogP contribution in [0.3, 0.4) is 0 Å². The second kappa shape index (κ2) is 13.7. The van der Waals surface area contributed by atoms with Gasteiger partial charge in [0.05, 0.1) is 28.0 Å². The summed E-state index contributed by atoms with van der Waals surface area (Å²) in [6.45, 7) is 3.07. The van der Waals surface area contributed by atoms with E-state index in [9.17, 15) is 36.0 Å². The monoisotopic (exact) mass is 649 g/mol. The number of carbonyl (C=O) groups is 3. The first-order chi connectivity index (χ1) is 19.6. The average molecular weight is 651 g/mol. The first-order valence-electron chi connectivity index (χ1n) is 13.1. The molecule has 42 heavy (non-hydrogen) atoms. The quantitative estimate of drug-likeness (QED) is 0.342. The molecule has 1 saturated heterocycles. The first kappa shape index (κ1) is 33.8. The number of amides is 2. The number of nitrogens with one attached hydrogen (secondary N) is 2. The first-order valence-corrected chi connectivity index (χ1v) is 15.7. The van der Waals surface area contributed by atoms with Crippen LogP contribution in [-0.4, -0.2) is 67.7 Å². The molecular weight excluding hydrogens is 618 g/mol. The Morgan fingerprint density at radius 1 is 1.00 bits per heavy atom. The van der Waals surface area contributed by atoms with Crippen molar-refractivity contribution in [1.29, 1.82) is 0 Å². The third-order valence-electron chi connectivity index (χ3n) is 7.32. The highest BCUT2D eigenvalue weighted by Crippen LogP contribution is 2.33. The second-order valence-corrected chi connectivity index (χ2v) is 13.7. The van der Waals surface area contributed by atoms with Crippen molar-refractivity contribution in [2.75, 3.05) is 24.6 Å². The van der Waals surface area contributed by atoms with E-state index >= 15 is 0 Å². The van der Waals surface area contributed by atoms with Crippen molar-refractivity contribution in [2.45, 2.75) is 50.5 Å². The van der Waals surface area contributed by atoms with Crippen LogP contribution in [0, 0.1) is 5.92 Å². The summed E-state index contributed by atoms with van der Waals surface area (Å²) < 4.78 is 64.4. The molecule has 14 heteroatoms. The minimum absolute atomic E-state index is 0.0810. The zero-order chi connectivity index (χ0) is 31.3. The average Bonchev–Trinajstić information content (AvgIpc) is 2.91. The maximum absolute atomic E-state index is 13.5. The maximum atomic E-state index is 13.5. The zero-order valence-corrected chi connectivity index (χ0v) is 25.3. The van der Waals surface area contributed by atoms with E-state index in [1.165, 1.54) is 26.0 Å². The van der Waals surface area contributed by atoms with E-state index in [-0.39, 0.29) is 52.9 Å². The Balaban J connectivity index is 1.91. The Kier molecular flexibility index (Phi) is 11.1. The maximum Gasteiger partial charge on any atom is 0.391 e. The summed E-state index contributed by atoms with van der Waals surface area (Å²) in [4.78, 5) is 40.8. The molecule has 0 unspecified atom stereocenters. The lowest BCUT2D eigenvalue weighted by Crippen LogP contribution is -2.58. The van der Waals surface area contributed by atoms with Gasteiger partial charge in [-0.2, -0.15) is 13.2 Å². The largest absolute Gasteiger partial charge is 0.391 e. The predicted molar refractivity (Wildman–Crippen MR) is 154 cm³/mol. The van der Waals surface area contributed by atoms with E-state index in [4.69, 9.17) is 23.2 Å². The normalized spacial score (nSPS) is 18.5. The standard InChI is InChI=1S/C28H32Cl2F3N3O5S/c1-18(2)27(17-37,16-28(31,32)33)35-26(39)25(19-6-4-3-5-7-19)34-24(38)15-23(20-8-9-21(29)22(30)14-20)36-10-12-42(40,41)13-11-36/h3-9,14,17-18,23,25H,10-13,15-16H2,1-2H3,(H,34,38)(H,35,39)/t23-,25-,27+/m0/s1. The van der Waals surface area contributed by atoms with Gasteiger partial charge in [0.2, 0.25) is 11.8 Å². The Hall–Kier alpha value is -2.67. The molecule has 2 aromatic rings. The molecule has 2 aromatic carbocycles. The van der Waals surface area contributed by atoms with Crippen LogP contribution in [0.25, 0.3) is 0 Å². The molecular formula is C28H32Cl2F3N3O5S. The lowest BCUT2D eigenvalue weighted by Gasteiger charge is -2.36. The molecule has 0 radical (unpaired) electrons. The van der Waals surface area contributed by atoms with E-state index in [1.54, 1.807) is 36.4 Å². The highest BCUT2D eigenvalue weighted by molar-refractivity contribution is 7.91. The molecule has 2 N–H and O–H groups in total. The fraction of sp³-hybridized carbons (Fsp3) is 0.464. The van der Waals surface area contributed by atoms with Crippen molar-refractivity contribution >= 4 is 51.1 Å². The number of alkyl halides is 3. The van der Waals surface area contributed by atoms with Crippen LogP contribution >= 0.6 is 23.2 Å². The number of sulfone groups is 1. The SMILES string of the molecule is CC(C)[C@](C=O)(CC(F)(F)F)NC(=O)[C@@H](NC(=O)C[C@@H](c1ccc(Cl)c(Cl)c1)N1CCS(=O)(=O)CC1)c1ccccc1. The number of hydrogen-bond donors (Lipinski definition) is 2. The predicted octanol–water partition coefficient (Wildman–Crippen LogP) is 4.67. The van der Waals surface area contributed by atoms with Gasteiger partial charge in [0, 0.05) is 25.6 Å². The van der Waals surface area contributed by atoms with Gasteiger partial charge in [-0.1, -0.05) is 73.4 Å². The minimum Gasteiger partial charge on any atom is -0.341 e. The van der Waals surface area contributed by atoms with Crippen LogP contribution < -0.4 is 10.6 Å². The third kappa shape index (κ3) is 8.92. The smallest absolute Gasteiger partial charge is 0.341 e. The zero-order valence-electron chi connectivity index (χ0n) is 23.0. The van der Waals surface area contributed by atoms with Crippen LogP contribution in [0.5, 0.6) is 0 Å². The van der Waals surface area contributed by atoms with Crippen LogP contribution in [0.4, 0.5) is 13.2 Å². The van der Waals surface area contributed by atoms with Gasteiger partial charge in [-0.3, -0.25) is 14.5 Å². The highest BCUT2D eigenvalue weighted by Gasteiger charge is 2.46. The van der Waals surface area contributed by atoms with Crippen LogP contribution in [-0.2, 0) is 24.2 Å². The van der Waals surface area contributed by atoms with E-state index in [2.05, 4.69) is 10.6 Å². The van der Waals surface area contributed by atoms with Crippen LogP contribution in [0.15, 0.2) is 48.5 Å². The molecule has 3 atom stereocenters. The number of rotatable bonds is 11. The van der Waals surface area contributed by atoms with E-state index in [0.29, 0.717) is 5.56 Å². The number of benzene rings is 2. The van der Waals surface area contributed by atoms with Gasteiger partial charge in [-0.25, -0.2) is 8.42 Å². The van der Waals surface area contributed by atoms with Crippen LogP contribution in [0.2, 0.25) is 10.0 Å². The highest BCUT2D eigenvalue weighted by atomic mass is 35.5. The van der Waals surface area contributed by atoms with Crippen LogP contribution in [0.1, 0.15) is 49.9 Å². The molecule has 0 spiro atoms. The Bertz CT molecular complexity index is 1380. The second-order valence-electron chi connectivity index (χ2n) is 10.6. The van der Waals surface area contributed by atoms with E-state index in [0.717, 1.165) is 0 Å². The van der Waals surface area contributed by atoms with Crippen molar-refractivity contribution < 1.29 is 36.0 Å². The van der Waals surface area contributed by atoms with Gasteiger partial charge in [-0.15, -0.1) is 0 Å². The summed E-state index contributed by atoms with van der Waals surface area (Å²) in [5.41, 5.74) is -1.38. The lowest BCUT2D eigenvalue weighted by molar-refractivity contribution is -0.161. The molecule has 230 valence electrons. The topological polar surface area (TPSA) is 113 Å². The number of hydrogen-bond acceptors (Lipinski definition) is 6. The molecule has 1 fully saturated rings. The van der Waals surface area contributed by atoms with Gasteiger partial charge in [0.1, 0.15) is 17.9 Å². The number of aldehydes is 1. The molecule has 0 aliphatic carbocycles.